The molecule has 0 saturated heterocycles. The van der Waals surface area contributed by atoms with Gasteiger partial charge in [0.2, 0.25) is 0 Å². The van der Waals surface area contributed by atoms with Gasteiger partial charge in [0.25, 0.3) is 0 Å². The van der Waals surface area contributed by atoms with Gasteiger partial charge in [-0.3, -0.25) is 12.0 Å². The Morgan fingerprint density at radius 1 is 1.75 bits per heavy atom. The number of rotatable bonds is 0. The molecule has 0 bridgehead atoms. The summed E-state index contributed by atoms with van der Waals surface area (Å²) in [7, 11) is 0. The predicted octanol–water partition coefficient (Wildman–Crippen LogP) is -2.52. The average molecular weight is 70.0 g/mol. The van der Waals surface area contributed by atoms with E-state index in [1.165, 1.54) is 6.26 Å². The van der Waals surface area contributed by atoms with E-state index >= 15 is 0 Å². The normalized spacial score (nSPS) is 4.50. The van der Waals surface area contributed by atoms with Crippen LogP contribution in [0.2, 0.25) is 0 Å². The second-order valence-electron chi connectivity index (χ2n) is 0.167. The van der Waals surface area contributed by atoms with E-state index in [-0.39, 0.29) is 18.9 Å². The third kappa shape index (κ3) is 12.8. The first-order valence-electron chi connectivity index (χ1n) is 0.575. The van der Waals surface area contributed by atoms with Gasteiger partial charge in [-0.2, -0.15) is 0 Å². The maximum absolute atomic E-state index is 8.85. The number of hydrogen-bond donors (Lipinski definition) is 0. The standard InChI is InChI=1S/CH4OS.Li/c1-3-2;/h2H,1H3;/q;+1/p-1. The van der Waals surface area contributed by atoms with Crippen LogP contribution in [0.15, 0.2) is 0 Å². The Morgan fingerprint density at radius 2 is 1.75 bits per heavy atom. The van der Waals surface area contributed by atoms with Crippen molar-refractivity contribution in [1.29, 1.82) is 0 Å². The fourth-order valence-electron chi connectivity index (χ4n) is 0. The van der Waals surface area contributed by atoms with Crippen molar-refractivity contribution in [3.63, 3.8) is 0 Å². The molecule has 0 aliphatic carbocycles. The summed E-state index contributed by atoms with van der Waals surface area (Å²) in [6.45, 7) is 0. The van der Waals surface area contributed by atoms with Crippen LogP contribution in [0.3, 0.4) is 0 Å². The second-order valence-corrected chi connectivity index (χ2v) is 0.500. The Morgan fingerprint density at radius 3 is 1.75 bits per heavy atom. The molecule has 0 aromatic rings. The topological polar surface area (TPSA) is 23.1 Å². The molecule has 0 fully saturated rings. The zero-order valence-electron chi connectivity index (χ0n) is 2.82. The Bertz CT molecular complexity index is 8.00. The van der Waals surface area contributed by atoms with Gasteiger partial charge in [-0.1, -0.05) is 0 Å². The second kappa shape index (κ2) is 9.08. The third-order valence-electron chi connectivity index (χ3n) is 0. The maximum atomic E-state index is 8.85. The molecule has 0 aromatic heterocycles. The molecule has 0 aliphatic rings. The van der Waals surface area contributed by atoms with Gasteiger partial charge in [0, 0.05) is 0 Å². The van der Waals surface area contributed by atoms with Crippen LogP contribution in [0, 0.1) is 0 Å². The monoisotopic (exact) mass is 70.0 g/mol. The van der Waals surface area contributed by atoms with Crippen molar-refractivity contribution in [3.05, 3.63) is 0 Å². The minimum Gasteiger partial charge on any atom is -0.799 e. The van der Waals surface area contributed by atoms with Crippen molar-refractivity contribution in [2.75, 3.05) is 6.26 Å². The Labute approximate surface area is 42.2 Å². The zero-order valence-corrected chi connectivity index (χ0v) is 3.63. The molecule has 0 saturated carbocycles. The van der Waals surface area contributed by atoms with E-state index in [1.807, 2.05) is 0 Å². The summed E-state index contributed by atoms with van der Waals surface area (Å²) in [6, 6.07) is 0. The van der Waals surface area contributed by atoms with Gasteiger partial charge in [0.05, 0.1) is 0 Å². The van der Waals surface area contributed by atoms with Gasteiger partial charge < -0.3 is 4.55 Å². The predicted molar refractivity (Wildman–Crippen MR) is 14.3 cm³/mol. The molecule has 0 rings (SSSR count). The first kappa shape index (κ1) is 8.86. The van der Waals surface area contributed by atoms with Crippen LogP contribution in [-0.2, 0) is 0 Å². The minimum atomic E-state index is 0. The molecular formula is CH3LiOS. The summed E-state index contributed by atoms with van der Waals surface area (Å²) in [5.41, 5.74) is 0. The van der Waals surface area contributed by atoms with E-state index in [1.54, 1.807) is 0 Å². The molecule has 0 aromatic carbocycles. The van der Waals surface area contributed by atoms with Crippen LogP contribution in [0.5, 0.6) is 0 Å². The zero-order chi connectivity index (χ0) is 2.71. The van der Waals surface area contributed by atoms with Crippen LogP contribution < -0.4 is 18.9 Å². The van der Waals surface area contributed by atoms with Crippen molar-refractivity contribution in [2.45, 2.75) is 0 Å². The van der Waals surface area contributed by atoms with Crippen molar-refractivity contribution in [1.82, 2.24) is 0 Å². The summed E-state index contributed by atoms with van der Waals surface area (Å²) in [6.07, 6.45) is 1.49. The van der Waals surface area contributed by atoms with Gasteiger partial charge in [-0.15, -0.1) is 0 Å². The molecule has 0 spiro atoms. The molecule has 0 N–H and O–H groups in total. The van der Waals surface area contributed by atoms with E-state index in [2.05, 4.69) is 0 Å². The van der Waals surface area contributed by atoms with E-state index in [0.29, 0.717) is 12.0 Å². The summed E-state index contributed by atoms with van der Waals surface area (Å²) < 4.78 is 8.85. The van der Waals surface area contributed by atoms with Crippen LogP contribution in [0.25, 0.3) is 0 Å². The van der Waals surface area contributed by atoms with Crippen molar-refractivity contribution < 1.29 is 23.4 Å². The van der Waals surface area contributed by atoms with E-state index < -0.39 is 0 Å². The van der Waals surface area contributed by atoms with Gasteiger partial charge >= 0.3 is 18.9 Å². The first-order valence-corrected chi connectivity index (χ1v) is 1.72. The molecule has 0 unspecified atom stereocenters. The van der Waals surface area contributed by atoms with Crippen LogP contribution in [-0.4, -0.2) is 10.8 Å². The smallest absolute Gasteiger partial charge is 0.799 e. The Hall–Kier alpha value is 0.907. The van der Waals surface area contributed by atoms with Crippen LogP contribution >= 0.6 is 12.0 Å². The third-order valence-corrected chi connectivity index (χ3v) is 0. The molecule has 0 atom stereocenters. The van der Waals surface area contributed by atoms with E-state index in [9.17, 15) is 0 Å². The van der Waals surface area contributed by atoms with Gasteiger partial charge in [-0.25, -0.2) is 0 Å². The van der Waals surface area contributed by atoms with Crippen molar-refractivity contribution in [3.8, 4) is 0 Å². The fraction of sp³-hybridized carbons (Fsp3) is 1.00. The SMILES string of the molecule is CS[O-].[Li+]. The van der Waals surface area contributed by atoms with Gasteiger partial charge in [-0.05, 0) is 6.26 Å². The fourth-order valence-corrected chi connectivity index (χ4v) is 0. The van der Waals surface area contributed by atoms with Gasteiger partial charge in [0.1, 0.15) is 0 Å². The molecular weight excluding hydrogens is 67.0 g/mol. The first-order chi connectivity index (χ1) is 1.41. The van der Waals surface area contributed by atoms with E-state index in [4.69, 9.17) is 4.55 Å². The van der Waals surface area contributed by atoms with E-state index in [0.717, 1.165) is 0 Å². The summed E-state index contributed by atoms with van der Waals surface area (Å²) >= 11 is 0.500. The largest absolute Gasteiger partial charge is 1.00 e. The molecule has 1 nitrogen and oxygen atoms in total. The molecule has 0 heterocycles. The average Bonchev–Trinajstić information content (AvgIpc) is 0.918. The van der Waals surface area contributed by atoms with Crippen LogP contribution in [0.4, 0.5) is 0 Å². The van der Waals surface area contributed by atoms with Crippen molar-refractivity contribution >= 4 is 12.0 Å². The molecule has 0 aliphatic heterocycles. The van der Waals surface area contributed by atoms with Gasteiger partial charge in [0.15, 0.2) is 0 Å². The maximum Gasteiger partial charge on any atom is 1.00 e. The number of hydrogen-bond acceptors (Lipinski definition) is 2. The Kier molecular flexibility index (Phi) is 20.1. The molecule has 0 amide bonds. The quantitative estimate of drug-likeness (QED) is 0.232. The minimum absolute atomic E-state index is 0. The summed E-state index contributed by atoms with van der Waals surface area (Å²) in [4.78, 5) is 0. The summed E-state index contributed by atoms with van der Waals surface area (Å²) in [5, 5.41) is 0. The molecule has 0 radical (unpaired) electrons. The molecule has 4 heavy (non-hydrogen) atoms. The van der Waals surface area contributed by atoms with Crippen molar-refractivity contribution in [2.24, 2.45) is 0 Å². The molecule has 20 valence electrons. The Balaban J connectivity index is 0. The summed E-state index contributed by atoms with van der Waals surface area (Å²) in [5.74, 6) is 0. The molecule has 3 heteroatoms. The van der Waals surface area contributed by atoms with Crippen LogP contribution in [0.1, 0.15) is 0 Å².